The maximum atomic E-state index is 12.3. The predicted octanol–water partition coefficient (Wildman–Crippen LogP) is 1.58. The molecule has 1 aromatic heterocycles. The van der Waals surface area contributed by atoms with Gasteiger partial charge in [0.05, 0.1) is 4.90 Å². The van der Waals surface area contributed by atoms with Crippen LogP contribution in [0, 0.1) is 0 Å². The third-order valence-electron chi connectivity index (χ3n) is 2.96. The van der Waals surface area contributed by atoms with Gasteiger partial charge in [-0.1, -0.05) is 18.2 Å². The van der Waals surface area contributed by atoms with E-state index in [2.05, 4.69) is 9.71 Å². The number of benzene rings is 1. The first-order valence-electron chi connectivity index (χ1n) is 6.24. The molecule has 2 rings (SSSR count). The summed E-state index contributed by atoms with van der Waals surface area (Å²) in [5.41, 5.74) is 7.12. The van der Waals surface area contributed by atoms with Gasteiger partial charge in [-0.3, -0.25) is 4.98 Å². The van der Waals surface area contributed by atoms with Gasteiger partial charge < -0.3 is 5.73 Å². The Morgan fingerprint density at radius 2 is 2.10 bits per heavy atom. The highest BCUT2D eigenvalue weighted by Crippen LogP contribution is 2.16. The summed E-state index contributed by atoms with van der Waals surface area (Å²) >= 11 is 0. The lowest BCUT2D eigenvalue weighted by Crippen LogP contribution is -2.27. The van der Waals surface area contributed by atoms with E-state index in [9.17, 15) is 8.42 Å². The smallest absolute Gasteiger partial charge is 0.241 e. The summed E-state index contributed by atoms with van der Waals surface area (Å²) < 4.78 is 27.3. The van der Waals surface area contributed by atoms with Crippen molar-refractivity contribution in [3.8, 4) is 0 Å². The molecule has 1 aromatic carbocycles. The molecule has 0 saturated heterocycles. The van der Waals surface area contributed by atoms with E-state index < -0.39 is 10.0 Å². The molecule has 0 radical (unpaired) electrons. The van der Waals surface area contributed by atoms with E-state index in [4.69, 9.17) is 5.73 Å². The molecule has 2 aromatic rings. The lowest BCUT2D eigenvalue weighted by molar-refractivity contribution is 0.566. The van der Waals surface area contributed by atoms with Gasteiger partial charge >= 0.3 is 0 Å². The van der Waals surface area contributed by atoms with Crippen LogP contribution in [0.25, 0.3) is 0 Å². The topological polar surface area (TPSA) is 85.1 Å². The van der Waals surface area contributed by atoms with Gasteiger partial charge in [0.25, 0.3) is 0 Å². The quantitative estimate of drug-likeness (QED) is 0.876. The van der Waals surface area contributed by atoms with Gasteiger partial charge in [-0.25, -0.2) is 13.1 Å². The second kappa shape index (κ2) is 6.13. The van der Waals surface area contributed by atoms with Crippen LogP contribution >= 0.6 is 0 Å². The Kier molecular flexibility index (Phi) is 4.49. The minimum Gasteiger partial charge on any atom is -0.326 e. The number of sulfonamides is 1. The minimum absolute atomic E-state index is 0.219. The molecular formula is C14H17N3O2S. The number of nitrogens with one attached hydrogen (secondary N) is 1. The van der Waals surface area contributed by atoms with Crippen LogP contribution in [0.5, 0.6) is 0 Å². The fraction of sp³-hybridized carbons (Fsp3) is 0.214. The van der Waals surface area contributed by atoms with Gasteiger partial charge in [-0.05, 0) is 36.2 Å². The van der Waals surface area contributed by atoms with E-state index in [1.54, 1.807) is 49.6 Å². The van der Waals surface area contributed by atoms with Gasteiger partial charge in [-0.2, -0.15) is 0 Å². The highest BCUT2D eigenvalue weighted by atomic mass is 32.2. The van der Waals surface area contributed by atoms with E-state index in [-0.39, 0.29) is 10.9 Å². The van der Waals surface area contributed by atoms with Crippen LogP contribution in [0.1, 0.15) is 24.1 Å². The van der Waals surface area contributed by atoms with Gasteiger partial charge in [0.2, 0.25) is 10.0 Å². The molecule has 0 saturated carbocycles. The second-order valence-electron chi connectivity index (χ2n) is 4.48. The molecule has 1 unspecified atom stereocenters. The Morgan fingerprint density at radius 1 is 1.30 bits per heavy atom. The fourth-order valence-corrected chi connectivity index (χ4v) is 3.14. The van der Waals surface area contributed by atoms with E-state index in [1.165, 1.54) is 0 Å². The highest BCUT2D eigenvalue weighted by Gasteiger charge is 2.18. The van der Waals surface area contributed by atoms with Crippen molar-refractivity contribution in [1.29, 1.82) is 0 Å². The van der Waals surface area contributed by atoms with Crippen LogP contribution in [-0.2, 0) is 16.6 Å². The lowest BCUT2D eigenvalue weighted by Gasteiger charge is -2.14. The Morgan fingerprint density at radius 3 is 2.75 bits per heavy atom. The van der Waals surface area contributed by atoms with Crippen LogP contribution in [0.2, 0.25) is 0 Å². The van der Waals surface area contributed by atoms with Crippen molar-refractivity contribution in [2.75, 3.05) is 0 Å². The molecule has 20 heavy (non-hydrogen) atoms. The average Bonchev–Trinajstić information content (AvgIpc) is 2.48. The predicted molar refractivity (Wildman–Crippen MR) is 77.3 cm³/mol. The molecule has 0 aliphatic heterocycles. The number of aromatic nitrogens is 1. The summed E-state index contributed by atoms with van der Waals surface area (Å²) in [6.45, 7) is 2.09. The van der Waals surface area contributed by atoms with Crippen molar-refractivity contribution < 1.29 is 8.42 Å². The molecule has 1 atom stereocenters. The summed E-state index contributed by atoms with van der Waals surface area (Å²) in [6, 6.07) is 9.87. The zero-order chi connectivity index (χ0) is 14.6. The van der Waals surface area contributed by atoms with Crippen molar-refractivity contribution in [2.24, 2.45) is 5.73 Å². The third-order valence-corrected chi connectivity index (χ3v) is 4.50. The maximum Gasteiger partial charge on any atom is 0.241 e. The maximum absolute atomic E-state index is 12.3. The van der Waals surface area contributed by atoms with Gasteiger partial charge in [0, 0.05) is 25.0 Å². The SMILES string of the molecule is CC(NS(=O)(=O)c1cccc(CN)c1)c1cccnc1. The number of pyridine rings is 1. The van der Waals surface area contributed by atoms with Crippen molar-refractivity contribution >= 4 is 10.0 Å². The first-order valence-corrected chi connectivity index (χ1v) is 7.72. The molecule has 0 spiro atoms. The summed E-state index contributed by atoms with van der Waals surface area (Å²) in [6.07, 6.45) is 3.29. The Bertz CT molecular complexity index is 672. The molecule has 0 aliphatic rings. The van der Waals surface area contributed by atoms with Crippen LogP contribution in [0.15, 0.2) is 53.7 Å². The van der Waals surface area contributed by atoms with E-state index in [0.29, 0.717) is 6.54 Å². The molecular weight excluding hydrogens is 274 g/mol. The normalized spacial score (nSPS) is 13.1. The van der Waals surface area contributed by atoms with Crippen molar-refractivity contribution in [3.05, 3.63) is 59.9 Å². The first-order chi connectivity index (χ1) is 9.53. The highest BCUT2D eigenvalue weighted by molar-refractivity contribution is 7.89. The Hall–Kier alpha value is -1.76. The Balaban J connectivity index is 2.23. The van der Waals surface area contributed by atoms with E-state index in [1.807, 2.05) is 6.07 Å². The zero-order valence-corrected chi connectivity index (χ0v) is 12.0. The molecule has 1 heterocycles. The zero-order valence-electron chi connectivity index (χ0n) is 11.2. The summed E-state index contributed by atoms with van der Waals surface area (Å²) in [4.78, 5) is 4.20. The van der Waals surface area contributed by atoms with Crippen molar-refractivity contribution in [3.63, 3.8) is 0 Å². The molecule has 5 nitrogen and oxygen atoms in total. The monoisotopic (exact) mass is 291 g/mol. The van der Waals surface area contributed by atoms with Crippen LogP contribution in [0.3, 0.4) is 0 Å². The van der Waals surface area contributed by atoms with Crippen LogP contribution < -0.4 is 10.5 Å². The number of nitrogens with zero attached hydrogens (tertiary/aromatic N) is 1. The first kappa shape index (κ1) is 14.6. The molecule has 0 bridgehead atoms. The van der Waals surface area contributed by atoms with Crippen molar-refractivity contribution in [1.82, 2.24) is 9.71 Å². The van der Waals surface area contributed by atoms with E-state index in [0.717, 1.165) is 11.1 Å². The largest absolute Gasteiger partial charge is 0.326 e. The molecule has 6 heteroatoms. The molecule has 0 amide bonds. The molecule has 0 fully saturated rings. The molecule has 106 valence electrons. The van der Waals surface area contributed by atoms with Gasteiger partial charge in [-0.15, -0.1) is 0 Å². The number of nitrogens with two attached hydrogens (primary N) is 1. The lowest BCUT2D eigenvalue weighted by atomic mass is 10.2. The Labute approximate surface area is 118 Å². The fourth-order valence-electron chi connectivity index (χ4n) is 1.84. The van der Waals surface area contributed by atoms with Gasteiger partial charge in [0.15, 0.2) is 0 Å². The standard InChI is InChI=1S/C14H17N3O2S/c1-11(13-5-3-7-16-10-13)17-20(18,19)14-6-2-4-12(8-14)9-15/h2-8,10-11,17H,9,15H2,1H3. The van der Waals surface area contributed by atoms with Crippen LogP contribution in [0.4, 0.5) is 0 Å². The molecule has 0 aliphatic carbocycles. The number of hydrogen-bond donors (Lipinski definition) is 2. The number of hydrogen-bond acceptors (Lipinski definition) is 4. The van der Waals surface area contributed by atoms with Gasteiger partial charge in [0.1, 0.15) is 0 Å². The third kappa shape index (κ3) is 3.41. The summed E-state index contributed by atoms with van der Waals surface area (Å²) in [5.74, 6) is 0. The second-order valence-corrected chi connectivity index (χ2v) is 6.19. The van der Waals surface area contributed by atoms with Crippen molar-refractivity contribution in [2.45, 2.75) is 24.4 Å². The number of rotatable bonds is 5. The molecule has 3 N–H and O–H groups in total. The summed E-state index contributed by atoms with van der Waals surface area (Å²) in [5, 5.41) is 0. The average molecular weight is 291 g/mol. The summed E-state index contributed by atoms with van der Waals surface area (Å²) in [7, 11) is -3.57. The minimum atomic E-state index is -3.57. The van der Waals surface area contributed by atoms with E-state index >= 15 is 0 Å². The van der Waals surface area contributed by atoms with Crippen LogP contribution in [-0.4, -0.2) is 13.4 Å².